The van der Waals surface area contributed by atoms with Crippen molar-refractivity contribution in [2.24, 2.45) is 53.3 Å². The van der Waals surface area contributed by atoms with Gasteiger partial charge in [-0.15, -0.1) is 0 Å². The minimum Gasteiger partial charge on any atom is -0.0683 e. The van der Waals surface area contributed by atoms with Gasteiger partial charge in [-0.1, -0.05) is 330 Å². The van der Waals surface area contributed by atoms with Gasteiger partial charge in [0, 0.05) is 10.8 Å². The molecule has 16 unspecified atom stereocenters. The number of rotatable bonds is 0. The van der Waals surface area contributed by atoms with Crippen molar-refractivity contribution in [1.82, 2.24) is 0 Å². The maximum atomic E-state index is 2.53. The van der Waals surface area contributed by atoms with E-state index in [1.54, 1.807) is 72.3 Å². The predicted octanol–water partition coefficient (Wildman–Crippen LogP) is 29.2. The summed E-state index contributed by atoms with van der Waals surface area (Å²) in [7, 11) is 0. The predicted molar refractivity (Wildman–Crippen MR) is 430 cm³/mol. The zero-order valence-corrected chi connectivity index (χ0v) is 66.5. The highest BCUT2D eigenvalue weighted by Crippen LogP contribution is 2.79. The number of hydrogen-bond donors (Lipinski definition) is 0. The molecule has 0 nitrogen and oxygen atoms in total. The second-order valence-electron chi connectivity index (χ2n) is 26.8. The first-order chi connectivity index (χ1) is 48.2. The van der Waals surface area contributed by atoms with E-state index in [9.17, 15) is 0 Å². The molecule has 7 aromatic rings. The largest absolute Gasteiger partial charge is 0.0683 e. The van der Waals surface area contributed by atoms with Crippen LogP contribution in [-0.4, -0.2) is 0 Å². The molecule has 14 aliphatic rings. The van der Waals surface area contributed by atoms with Crippen LogP contribution < -0.4 is 0 Å². The molecule has 0 heterocycles. The molecule has 7 aromatic carbocycles. The Kier molecular flexibility index (Phi) is 29.1. The van der Waals surface area contributed by atoms with Crippen LogP contribution >= 0.6 is 0 Å². The first-order valence-corrected chi connectivity index (χ1v) is 41.9. The molecule has 0 heteroatoms. The third-order valence-electron chi connectivity index (χ3n) is 25.3. The van der Waals surface area contributed by atoms with Crippen LogP contribution in [0.25, 0.3) is 11.1 Å². The molecular formula is C97H140. The third-order valence-corrected chi connectivity index (χ3v) is 25.3. The van der Waals surface area contributed by atoms with Gasteiger partial charge in [-0.3, -0.25) is 0 Å². The Morgan fingerprint density at radius 1 is 0.247 bits per heavy atom. The summed E-state index contributed by atoms with van der Waals surface area (Å²) in [5, 5.41) is 0. The van der Waals surface area contributed by atoms with Crippen LogP contribution in [0, 0.1) is 53.3 Å². The fourth-order valence-electron chi connectivity index (χ4n) is 24.3. The van der Waals surface area contributed by atoms with Gasteiger partial charge >= 0.3 is 0 Å². The van der Waals surface area contributed by atoms with Crippen LogP contribution in [0.1, 0.15) is 351 Å². The summed E-state index contributed by atoms with van der Waals surface area (Å²) in [5.74, 6) is 12.3. The summed E-state index contributed by atoms with van der Waals surface area (Å²) in [4.78, 5) is 0. The minimum absolute atomic E-state index is 0.128. The van der Waals surface area contributed by atoms with Crippen molar-refractivity contribution in [1.29, 1.82) is 0 Å². The Morgan fingerprint density at radius 3 is 1.07 bits per heavy atom. The molecule has 0 saturated heterocycles. The summed E-state index contributed by atoms with van der Waals surface area (Å²) >= 11 is 0. The van der Waals surface area contributed by atoms with E-state index in [1.807, 2.05) is 172 Å². The van der Waals surface area contributed by atoms with Crippen molar-refractivity contribution >= 4 is 0 Å². The second kappa shape index (κ2) is 35.7. The molecular weight excluding hydrogens is 1170 g/mol. The lowest BCUT2D eigenvalue weighted by Crippen LogP contribution is -2.47. The van der Waals surface area contributed by atoms with E-state index >= 15 is 0 Å². The molecule has 16 atom stereocenters. The van der Waals surface area contributed by atoms with E-state index in [-0.39, 0.29) is 5.41 Å². The van der Waals surface area contributed by atoms with E-state index in [0.717, 1.165) is 82.9 Å². The molecule has 0 aliphatic heterocycles. The van der Waals surface area contributed by atoms with Crippen LogP contribution in [0.5, 0.6) is 0 Å². The zero-order valence-electron chi connectivity index (χ0n) is 66.5. The monoisotopic (exact) mass is 1310 g/mol. The lowest BCUT2D eigenvalue weighted by Gasteiger charge is -2.49. The van der Waals surface area contributed by atoms with Crippen molar-refractivity contribution in [2.45, 2.75) is 302 Å². The van der Waals surface area contributed by atoms with Crippen molar-refractivity contribution in [2.75, 3.05) is 0 Å². The maximum absolute atomic E-state index is 2.53. The normalized spacial score (nSPS) is 30.8. The quantitative estimate of drug-likeness (QED) is 0.142. The van der Waals surface area contributed by atoms with Crippen LogP contribution in [0.2, 0.25) is 0 Å². The smallest absolute Gasteiger partial charge is 0.0505 e. The van der Waals surface area contributed by atoms with Crippen molar-refractivity contribution in [3.63, 3.8) is 0 Å². The topological polar surface area (TPSA) is 0 Å². The Hall–Kier alpha value is -5.46. The molecule has 0 bridgehead atoms. The second-order valence-corrected chi connectivity index (χ2v) is 26.8. The fourth-order valence-corrected chi connectivity index (χ4v) is 24.3. The van der Waals surface area contributed by atoms with E-state index < -0.39 is 0 Å². The van der Waals surface area contributed by atoms with Crippen LogP contribution in [0.3, 0.4) is 0 Å². The van der Waals surface area contributed by atoms with Gasteiger partial charge in [0.05, 0.1) is 5.41 Å². The van der Waals surface area contributed by atoms with Gasteiger partial charge < -0.3 is 0 Å². The number of fused-ring (bicyclic) bond motifs is 12. The van der Waals surface area contributed by atoms with E-state index in [0.29, 0.717) is 10.8 Å². The van der Waals surface area contributed by atoms with Gasteiger partial charge in [0.25, 0.3) is 0 Å². The van der Waals surface area contributed by atoms with Crippen LogP contribution in [0.15, 0.2) is 158 Å². The maximum Gasteiger partial charge on any atom is 0.0505 e. The summed E-state index contributed by atoms with van der Waals surface area (Å²) in [6.45, 7) is 48.0. The van der Waals surface area contributed by atoms with E-state index in [1.165, 1.54) is 101 Å². The average Bonchev–Trinajstić information content (AvgIpc) is 1.51. The van der Waals surface area contributed by atoms with E-state index in [2.05, 4.69) is 158 Å². The average molecular weight is 1310 g/mol. The Labute approximate surface area is 598 Å². The van der Waals surface area contributed by atoms with Gasteiger partial charge in [-0.25, -0.2) is 0 Å². The molecule has 21 rings (SSSR count). The molecule has 0 amide bonds. The fraction of sp³-hybridized carbons (Fsp3) is 0.567. The zero-order chi connectivity index (χ0) is 71.1. The van der Waals surface area contributed by atoms with Crippen molar-refractivity contribution < 1.29 is 0 Å². The summed E-state index contributed by atoms with van der Waals surface area (Å²) < 4.78 is 0. The molecule has 528 valence electrons. The lowest BCUT2D eigenvalue weighted by atomic mass is 9.53. The molecule has 0 radical (unpaired) electrons. The van der Waals surface area contributed by atoms with Gasteiger partial charge in [0.1, 0.15) is 0 Å². The highest BCUT2D eigenvalue weighted by Gasteiger charge is 2.72. The molecule has 0 N–H and O–H groups in total. The molecule has 6 saturated carbocycles. The molecule has 0 aromatic heterocycles. The Morgan fingerprint density at radius 2 is 0.588 bits per heavy atom. The van der Waals surface area contributed by atoms with Gasteiger partial charge in [-0.05, 0) is 255 Å². The van der Waals surface area contributed by atoms with Gasteiger partial charge in [0.15, 0.2) is 0 Å². The van der Waals surface area contributed by atoms with Crippen molar-refractivity contribution in [3.8, 4) is 11.1 Å². The molecule has 6 fully saturated rings. The SMILES string of the molecule is CC.CC.CC.CC.CC.CC.CC.CC.CC.CC.CC.CC.c1cc2c3c(c1)C1CCCC1C31c3ccccc3C3CCC(C2)C31.c1ccc2c(c1)-c1cccc3c1C21c2ccccc2C2CCC(C3)C21.c1ccc2c(c1)C1CCC3CC4CCC5c6ccccc6C2(C31)C45. The molecule has 3 spiro atoms. The number of benzene rings is 7. The first-order valence-electron chi connectivity index (χ1n) is 41.9. The highest BCUT2D eigenvalue weighted by molar-refractivity contribution is 5.87. The standard InChI is InChI=1S/C25H20.2C24H24.12C2H6/c1-3-10-21-17(7-1)19-9-5-6-15-14-16-12-13-20-18-8-2-4-11-22(18)25(21,23(15)19)24(16)20;1-3-7-20-16(5-1)18-11-9-14-13-15-10-12-19-17-6-2-4-8-21(17)24(20,22(14)18)23(15)19;1-2-9-20-16(6-1)19-12-11-15-13-14-5-3-8-18-17-7-4-10-21(17)24(20,22(14)18)23(15)19;12*1-2/h1-11,16,20,24H,12-14H2;1-8,14-15,18-19,22-23H,9-13H2;1-3,5-6,8-9,15,17,19,21,23H,4,7,10-13H2;12*1-2H3. The molecule has 14 aliphatic carbocycles. The van der Waals surface area contributed by atoms with E-state index in [4.69, 9.17) is 0 Å². The Balaban J connectivity index is 0.000000178. The third kappa shape index (κ3) is 11.6. The summed E-state index contributed by atoms with van der Waals surface area (Å²) in [5.41, 5.74) is 27.8. The van der Waals surface area contributed by atoms with Crippen molar-refractivity contribution in [3.05, 3.63) is 236 Å². The van der Waals surface area contributed by atoms with Crippen LogP contribution in [-0.2, 0) is 29.1 Å². The highest BCUT2D eigenvalue weighted by atomic mass is 14.7. The molecule has 97 heavy (non-hydrogen) atoms. The van der Waals surface area contributed by atoms with Crippen LogP contribution in [0.4, 0.5) is 0 Å². The lowest BCUT2D eigenvalue weighted by molar-refractivity contribution is 0.0750. The number of hydrogen-bond acceptors (Lipinski definition) is 0. The first kappa shape index (κ1) is 78.9. The minimum atomic E-state index is 0.128. The summed E-state index contributed by atoms with van der Waals surface area (Å²) in [6, 6.07) is 61.9. The van der Waals surface area contributed by atoms with Gasteiger partial charge in [0.2, 0.25) is 0 Å². The summed E-state index contributed by atoms with van der Waals surface area (Å²) in [6.07, 6.45) is 20.1. The van der Waals surface area contributed by atoms with Gasteiger partial charge in [-0.2, -0.15) is 0 Å². The Bertz CT molecular complexity index is 3440.